The number of rotatable bonds is 7. The summed E-state index contributed by atoms with van der Waals surface area (Å²) in [6.07, 6.45) is 1.94. The van der Waals surface area contributed by atoms with E-state index in [0.717, 1.165) is 55.2 Å². The van der Waals surface area contributed by atoms with Crippen LogP contribution in [-0.4, -0.2) is 29.6 Å². The number of hydrogen-bond acceptors (Lipinski definition) is 3. The summed E-state index contributed by atoms with van der Waals surface area (Å²) in [6.45, 7) is 4.36. The van der Waals surface area contributed by atoms with Gasteiger partial charge < -0.3 is 4.57 Å². The van der Waals surface area contributed by atoms with Crippen molar-refractivity contribution >= 4 is 67.7 Å². The number of fused-ring (bicyclic) bond motifs is 4. The Kier molecular flexibility index (Phi) is 9.50. The molecular weight excluding hydrogens is 896 g/mol. The van der Waals surface area contributed by atoms with Crippen molar-refractivity contribution in [2.24, 2.45) is 0 Å². The van der Waals surface area contributed by atoms with Gasteiger partial charge in [0, 0.05) is 38.5 Å². The van der Waals surface area contributed by atoms with E-state index in [-0.39, 0.29) is 21.1 Å². The fraction of sp³-hybridized carbons (Fsp3) is 0.0600. The van der Waals surface area contributed by atoms with E-state index in [2.05, 4.69) is 200 Å². The van der Waals surface area contributed by atoms with Gasteiger partial charge in [0.05, 0.1) is 7.05 Å². The second-order valence-electron chi connectivity index (χ2n) is 14.5. The zero-order chi connectivity index (χ0) is 37.8. The van der Waals surface area contributed by atoms with Crippen LogP contribution in [0.25, 0.3) is 38.8 Å². The maximum Gasteiger partial charge on any atom is 0.145 e. The summed E-state index contributed by atoms with van der Waals surface area (Å²) >= 11 is 0. The molecule has 7 heteroatoms. The molecule has 3 heterocycles. The van der Waals surface area contributed by atoms with Crippen LogP contribution in [0.3, 0.4) is 0 Å². The molecule has 1 N–H and O–H groups in total. The molecule has 5 nitrogen and oxygen atoms in total. The van der Waals surface area contributed by atoms with E-state index in [9.17, 15) is 0 Å². The van der Waals surface area contributed by atoms with Gasteiger partial charge in [0.25, 0.3) is 0 Å². The quantitative estimate of drug-likeness (QED) is 0.0695. The Hall–Kier alpha value is -6.04. The predicted molar refractivity (Wildman–Crippen MR) is 234 cm³/mol. The molecule has 0 bridgehead atoms. The van der Waals surface area contributed by atoms with Crippen molar-refractivity contribution in [1.82, 2.24) is 9.55 Å². The third-order valence-electron chi connectivity index (χ3n) is 11.2. The van der Waals surface area contributed by atoms with E-state index in [0.29, 0.717) is 0 Å². The van der Waals surface area contributed by atoms with Crippen LogP contribution in [0.5, 0.6) is 0 Å². The summed E-state index contributed by atoms with van der Waals surface area (Å²) in [7, 11) is -1.09. The summed E-state index contributed by atoms with van der Waals surface area (Å²) < 4.78 is 2.30. The summed E-state index contributed by atoms with van der Waals surface area (Å²) in [5.74, 6) is 0.864. The number of hydroxylamine groups is 1. The first-order chi connectivity index (χ1) is 27.5. The molecule has 0 amide bonds. The normalized spacial score (nSPS) is 12.5. The van der Waals surface area contributed by atoms with Gasteiger partial charge >= 0.3 is 0 Å². The SMILES string of the molecule is Cc1cccc(C)c1-c1ccnc(-n2c3[c-]c([Si](c4[c-]c(N5[OH+]N(C)c6ccccc65)ccc4)(c4ccccc4)c4ccccc4)ccc3c3ccccc32)c1.[Pt]. The van der Waals surface area contributed by atoms with Crippen molar-refractivity contribution in [1.29, 1.82) is 0 Å². The molecule has 0 unspecified atom stereocenters. The standard InChI is InChI=1S/C50H38N4OSi.Pt/c1-35-16-14-17-36(2)50(35)37-30-31-51-49(32-37)53-45-25-11-10-24-43(45)44-29-28-42(34-48(44)53)56(39-19-6-4-7-20-39,40-21-8-5-9-22-40)41-23-15-18-38(33-41)54-47-27-13-12-26-46(47)52(3)55-54;/h4-32H,1-3H3;/q-2;/p+1. The van der Waals surface area contributed by atoms with Crippen molar-refractivity contribution < 1.29 is 26.0 Å². The first kappa shape index (κ1) is 36.6. The smallest absolute Gasteiger partial charge is 0.145 e. The van der Waals surface area contributed by atoms with E-state index in [1.165, 1.54) is 32.5 Å². The van der Waals surface area contributed by atoms with Crippen LogP contribution in [0.15, 0.2) is 176 Å². The molecule has 0 spiro atoms. The number of anilines is 3. The number of para-hydroxylation sites is 3. The summed E-state index contributed by atoms with van der Waals surface area (Å²) in [5.41, 5.74) is 9.97. The molecule has 0 fully saturated rings. The first-order valence-electron chi connectivity index (χ1n) is 19.0. The molecule has 9 aromatic rings. The number of nitrogens with zero attached hydrogens (tertiary/aromatic N) is 4. The molecule has 0 radical (unpaired) electrons. The summed E-state index contributed by atoms with van der Waals surface area (Å²) in [6, 6.07) is 69.0. The van der Waals surface area contributed by atoms with Crippen LogP contribution in [-0.2, 0) is 21.1 Å². The van der Waals surface area contributed by atoms with Gasteiger partial charge in [-0.3, -0.25) is 0 Å². The van der Waals surface area contributed by atoms with Crippen LogP contribution in [0.1, 0.15) is 11.1 Å². The van der Waals surface area contributed by atoms with Crippen molar-refractivity contribution in [2.45, 2.75) is 13.8 Å². The number of pyridine rings is 1. The molecule has 1 aliphatic heterocycles. The number of hydrogen-bond donors (Lipinski definition) is 0. The van der Waals surface area contributed by atoms with Gasteiger partial charge in [0.15, 0.2) is 0 Å². The minimum Gasteiger partial charge on any atom is -0.319 e. The van der Waals surface area contributed by atoms with Crippen molar-refractivity contribution in [3.05, 3.63) is 199 Å². The van der Waals surface area contributed by atoms with Gasteiger partial charge in [-0.15, -0.1) is 21.6 Å². The third-order valence-corrected chi connectivity index (χ3v) is 15.8. The second-order valence-corrected chi connectivity index (χ2v) is 18.2. The average molecular weight is 935 g/mol. The Morgan fingerprint density at radius 3 is 1.95 bits per heavy atom. The third kappa shape index (κ3) is 5.95. The maximum absolute atomic E-state index is 5.04. The van der Waals surface area contributed by atoms with Crippen LogP contribution < -0.4 is 30.9 Å². The molecule has 7 aromatic carbocycles. The molecule has 0 atom stereocenters. The molecule has 0 saturated heterocycles. The second kappa shape index (κ2) is 14.8. The fourth-order valence-corrected chi connectivity index (χ4v) is 13.3. The number of aryl methyl sites for hydroxylation is 2. The Labute approximate surface area is 348 Å². The zero-order valence-corrected chi connectivity index (χ0v) is 35.1. The van der Waals surface area contributed by atoms with Crippen molar-refractivity contribution in [2.75, 3.05) is 17.2 Å². The van der Waals surface area contributed by atoms with Gasteiger partial charge in [0.2, 0.25) is 0 Å². The Balaban J connectivity index is 0.00000422. The number of benzene rings is 7. The summed E-state index contributed by atoms with van der Waals surface area (Å²) in [4.78, 5) is 9.99. The predicted octanol–water partition coefficient (Wildman–Crippen LogP) is 8.87. The topological polar surface area (TPSA) is 37.1 Å². The molecule has 0 saturated carbocycles. The van der Waals surface area contributed by atoms with Crippen LogP contribution >= 0.6 is 0 Å². The summed E-state index contributed by atoms with van der Waals surface area (Å²) in [5, 5.41) is 11.0. The zero-order valence-electron chi connectivity index (χ0n) is 31.8. The minimum atomic E-state index is -3.09. The van der Waals surface area contributed by atoms with Crippen LogP contribution in [0, 0.1) is 26.0 Å². The number of aromatic nitrogens is 2. The fourth-order valence-electron chi connectivity index (χ4n) is 8.75. The monoisotopic (exact) mass is 934 g/mol. The van der Waals surface area contributed by atoms with E-state index in [4.69, 9.17) is 9.92 Å². The van der Waals surface area contributed by atoms with E-state index >= 15 is 0 Å². The van der Waals surface area contributed by atoms with Crippen LogP contribution in [0.4, 0.5) is 17.1 Å². The van der Waals surface area contributed by atoms with Gasteiger partial charge in [-0.1, -0.05) is 115 Å². The molecule has 57 heavy (non-hydrogen) atoms. The van der Waals surface area contributed by atoms with Gasteiger partial charge in [0.1, 0.15) is 25.3 Å². The average Bonchev–Trinajstić information content (AvgIpc) is 3.76. The molecule has 0 aliphatic carbocycles. The van der Waals surface area contributed by atoms with E-state index in [1.54, 1.807) is 0 Å². The molecule has 2 aromatic heterocycles. The molecule has 280 valence electrons. The van der Waals surface area contributed by atoms with Crippen molar-refractivity contribution in [3.8, 4) is 16.9 Å². The Morgan fingerprint density at radius 2 is 1.21 bits per heavy atom. The van der Waals surface area contributed by atoms with E-state index < -0.39 is 8.07 Å². The van der Waals surface area contributed by atoms with E-state index in [1.807, 2.05) is 23.4 Å². The minimum absolute atomic E-state index is 0. The largest absolute Gasteiger partial charge is 0.319 e. The Bertz CT molecular complexity index is 2850. The molecule has 1 aliphatic rings. The molecule has 10 rings (SSSR count). The Morgan fingerprint density at radius 1 is 0.579 bits per heavy atom. The van der Waals surface area contributed by atoms with Gasteiger partial charge in [-0.05, 0) is 82.2 Å². The van der Waals surface area contributed by atoms with Gasteiger partial charge in [-0.2, -0.15) is 51.7 Å². The van der Waals surface area contributed by atoms with Crippen LogP contribution in [0.2, 0.25) is 0 Å². The molecular formula is C50H39N4OPtSi-. The van der Waals surface area contributed by atoms with Crippen molar-refractivity contribution in [3.63, 3.8) is 0 Å². The first-order valence-corrected chi connectivity index (χ1v) is 21.0. The maximum atomic E-state index is 5.04. The van der Waals surface area contributed by atoms with Gasteiger partial charge in [-0.25, -0.2) is 4.98 Å².